The number of hydrogen-bond donors (Lipinski definition) is 2. The molecule has 0 unspecified atom stereocenters. The van der Waals surface area contributed by atoms with Crippen LogP contribution in [0.3, 0.4) is 0 Å². The molecule has 0 atom stereocenters. The molecule has 0 aliphatic heterocycles. The first-order valence-electron chi connectivity index (χ1n) is 6.44. The van der Waals surface area contributed by atoms with Crippen molar-refractivity contribution >= 4 is 28.7 Å². The molecule has 1 amide bonds. The molecule has 0 bridgehead atoms. The molecule has 0 fully saturated rings. The van der Waals surface area contributed by atoms with Crippen LogP contribution in [0, 0.1) is 0 Å². The van der Waals surface area contributed by atoms with Gasteiger partial charge in [-0.25, -0.2) is 4.98 Å². The lowest BCUT2D eigenvalue weighted by Gasteiger charge is -2.19. The van der Waals surface area contributed by atoms with Gasteiger partial charge in [-0.1, -0.05) is 20.8 Å². The molecule has 106 valence electrons. The van der Waals surface area contributed by atoms with Gasteiger partial charge in [0.25, 0.3) is 5.91 Å². The fourth-order valence-electron chi connectivity index (χ4n) is 1.71. The number of amides is 1. The van der Waals surface area contributed by atoms with E-state index in [4.69, 9.17) is 0 Å². The van der Waals surface area contributed by atoms with Crippen LogP contribution >= 0.6 is 11.3 Å². The van der Waals surface area contributed by atoms with E-state index in [1.165, 1.54) is 0 Å². The molecule has 2 aromatic heterocycles. The third-order valence-corrected chi connectivity index (χ3v) is 3.57. The van der Waals surface area contributed by atoms with Crippen molar-refractivity contribution in [2.75, 3.05) is 17.7 Å². The van der Waals surface area contributed by atoms with Crippen LogP contribution in [0.5, 0.6) is 0 Å². The van der Waals surface area contributed by atoms with E-state index in [1.54, 1.807) is 24.5 Å². The normalized spacial score (nSPS) is 11.2. The molecule has 0 aromatic carbocycles. The van der Waals surface area contributed by atoms with Crippen LogP contribution in [0.25, 0.3) is 0 Å². The van der Waals surface area contributed by atoms with Crippen molar-refractivity contribution in [3.8, 4) is 0 Å². The number of pyridine rings is 1. The largest absolute Gasteiger partial charge is 0.373 e. The molecule has 0 aliphatic carbocycles. The predicted octanol–water partition coefficient (Wildman–Crippen LogP) is 3.73. The lowest BCUT2D eigenvalue weighted by Crippen LogP contribution is -2.18. The summed E-state index contributed by atoms with van der Waals surface area (Å²) in [6.45, 7) is 6.24. The highest BCUT2D eigenvalue weighted by Crippen LogP contribution is 2.24. The topological polar surface area (TPSA) is 54.0 Å². The molecule has 0 aliphatic rings. The Kier molecular flexibility index (Phi) is 4.09. The summed E-state index contributed by atoms with van der Waals surface area (Å²) in [5.41, 5.74) is 2.21. The van der Waals surface area contributed by atoms with Crippen molar-refractivity contribution in [1.82, 2.24) is 4.98 Å². The summed E-state index contributed by atoms with van der Waals surface area (Å²) in [4.78, 5) is 16.8. The van der Waals surface area contributed by atoms with Crippen molar-refractivity contribution in [3.05, 3.63) is 40.2 Å². The molecular formula is C15H19N3OS. The fourth-order valence-corrected chi connectivity index (χ4v) is 2.30. The summed E-state index contributed by atoms with van der Waals surface area (Å²) in [5, 5.41) is 9.73. The van der Waals surface area contributed by atoms with Gasteiger partial charge in [-0.05, 0) is 23.6 Å². The minimum Gasteiger partial charge on any atom is -0.373 e. The summed E-state index contributed by atoms with van der Waals surface area (Å²) in [6, 6.07) is 5.49. The maximum Gasteiger partial charge on any atom is 0.255 e. The second-order valence-electron chi connectivity index (χ2n) is 5.59. The summed E-state index contributed by atoms with van der Waals surface area (Å²) >= 11 is 1.55. The second kappa shape index (κ2) is 5.63. The van der Waals surface area contributed by atoms with Crippen molar-refractivity contribution in [2.24, 2.45) is 0 Å². The lowest BCUT2D eigenvalue weighted by atomic mass is 9.90. The van der Waals surface area contributed by atoms with Gasteiger partial charge in [-0.2, -0.15) is 11.3 Å². The average Bonchev–Trinajstić information content (AvgIpc) is 2.90. The first-order valence-corrected chi connectivity index (χ1v) is 7.38. The number of aromatic nitrogens is 1. The van der Waals surface area contributed by atoms with Gasteiger partial charge in [0.1, 0.15) is 5.82 Å². The van der Waals surface area contributed by atoms with Crippen LogP contribution in [0.15, 0.2) is 29.0 Å². The minimum atomic E-state index is -0.118. The van der Waals surface area contributed by atoms with E-state index in [0.717, 1.165) is 11.4 Å². The maximum absolute atomic E-state index is 12.3. The lowest BCUT2D eigenvalue weighted by molar-refractivity contribution is 0.102. The predicted molar refractivity (Wildman–Crippen MR) is 84.8 cm³/mol. The Balaban J connectivity index is 2.33. The Hall–Kier alpha value is -1.88. The monoisotopic (exact) mass is 289 g/mol. The molecule has 0 radical (unpaired) electrons. The van der Waals surface area contributed by atoms with E-state index in [0.29, 0.717) is 11.4 Å². The number of rotatable bonds is 3. The molecular weight excluding hydrogens is 270 g/mol. The van der Waals surface area contributed by atoms with Crippen molar-refractivity contribution in [1.29, 1.82) is 0 Å². The number of hydrogen-bond acceptors (Lipinski definition) is 4. The Labute approximate surface area is 123 Å². The minimum absolute atomic E-state index is 0.107. The number of carbonyl (C=O) groups excluding carboxylic acids is 1. The summed E-state index contributed by atoms with van der Waals surface area (Å²) in [5.74, 6) is 0.584. The summed E-state index contributed by atoms with van der Waals surface area (Å²) in [6.07, 6.45) is 0. The number of nitrogens with zero attached hydrogens (tertiary/aromatic N) is 1. The van der Waals surface area contributed by atoms with Gasteiger partial charge in [-0.3, -0.25) is 4.79 Å². The van der Waals surface area contributed by atoms with Crippen LogP contribution in [0.4, 0.5) is 11.5 Å². The number of carbonyl (C=O) groups is 1. The third kappa shape index (κ3) is 3.36. The smallest absolute Gasteiger partial charge is 0.255 e. The van der Waals surface area contributed by atoms with Crippen LogP contribution in [0.2, 0.25) is 0 Å². The van der Waals surface area contributed by atoms with Crippen LogP contribution in [-0.2, 0) is 5.41 Å². The van der Waals surface area contributed by atoms with Gasteiger partial charge < -0.3 is 10.6 Å². The van der Waals surface area contributed by atoms with Crippen molar-refractivity contribution in [2.45, 2.75) is 26.2 Å². The number of thiophene rings is 1. The van der Waals surface area contributed by atoms with Gasteiger partial charge in [0, 0.05) is 29.1 Å². The Morgan fingerprint density at radius 2 is 2.05 bits per heavy atom. The molecule has 5 heteroatoms. The standard InChI is InChI=1S/C15H19N3OS/c1-15(2,3)12-7-10(8-13(16-4)18-12)14(19)17-11-5-6-20-9-11/h5-9H,1-4H3,(H,16,18)(H,17,19). The van der Waals surface area contributed by atoms with E-state index in [1.807, 2.05) is 22.9 Å². The highest BCUT2D eigenvalue weighted by Gasteiger charge is 2.19. The van der Waals surface area contributed by atoms with Gasteiger partial charge in [-0.15, -0.1) is 0 Å². The zero-order valence-electron chi connectivity index (χ0n) is 12.2. The Morgan fingerprint density at radius 3 is 2.60 bits per heavy atom. The number of nitrogens with one attached hydrogen (secondary N) is 2. The quantitative estimate of drug-likeness (QED) is 0.905. The van der Waals surface area contributed by atoms with E-state index in [-0.39, 0.29) is 11.3 Å². The molecule has 2 rings (SSSR count). The van der Waals surface area contributed by atoms with Gasteiger partial charge in [0.15, 0.2) is 0 Å². The van der Waals surface area contributed by atoms with Crippen molar-refractivity contribution in [3.63, 3.8) is 0 Å². The SMILES string of the molecule is CNc1cc(C(=O)Nc2ccsc2)cc(C(C)(C)C)n1. The van der Waals surface area contributed by atoms with Crippen LogP contribution < -0.4 is 10.6 Å². The first-order chi connectivity index (χ1) is 9.40. The molecule has 4 nitrogen and oxygen atoms in total. The molecule has 0 spiro atoms. The van der Waals surface area contributed by atoms with E-state index in [2.05, 4.69) is 36.4 Å². The van der Waals surface area contributed by atoms with E-state index >= 15 is 0 Å². The summed E-state index contributed by atoms with van der Waals surface area (Å²) < 4.78 is 0. The van der Waals surface area contributed by atoms with E-state index in [9.17, 15) is 4.79 Å². The number of anilines is 2. The highest BCUT2D eigenvalue weighted by molar-refractivity contribution is 7.08. The molecule has 0 saturated heterocycles. The zero-order chi connectivity index (χ0) is 14.8. The molecule has 20 heavy (non-hydrogen) atoms. The second-order valence-corrected chi connectivity index (χ2v) is 6.37. The van der Waals surface area contributed by atoms with Gasteiger partial charge in [0.05, 0.1) is 5.69 Å². The zero-order valence-corrected chi connectivity index (χ0v) is 13.0. The third-order valence-electron chi connectivity index (χ3n) is 2.89. The molecule has 2 N–H and O–H groups in total. The highest BCUT2D eigenvalue weighted by atomic mass is 32.1. The van der Waals surface area contributed by atoms with Crippen molar-refractivity contribution < 1.29 is 4.79 Å². The van der Waals surface area contributed by atoms with Crippen LogP contribution in [0.1, 0.15) is 36.8 Å². The maximum atomic E-state index is 12.3. The first kappa shape index (κ1) is 14.5. The van der Waals surface area contributed by atoms with Gasteiger partial charge in [0.2, 0.25) is 0 Å². The average molecular weight is 289 g/mol. The summed E-state index contributed by atoms with van der Waals surface area (Å²) in [7, 11) is 1.80. The Morgan fingerprint density at radius 1 is 1.30 bits per heavy atom. The fraction of sp³-hybridized carbons (Fsp3) is 0.333. The van der Waals surface area contributed by atoms with Gasteiger partial charge >= 0.3 is 0 Å². The molecule has 0 saturated carbocycles. The molecule has 2 aromatic rings. The molecule has 2 heterocycles. The van der Waals surface area contributed by atoms with E-state index < -0.39 is 0 Å². The Bertz CT molecular complexity index is 600. The van der Waals surface area contributed by atoms with Crippen LogP contribution in [-0.4, -0.2) is 17.9 Å².